The molecule has 0 atom stereocenters. The van der Waals surface area contributed by atoms with E-state index in [4.69, 9.17) is 0 Å². The molecular weight excluding hydrogens is 196 g/mol. The first-order chi connectivity index (χ1) is 7.13. The molecule has 0 bridgehead atoms. The Morgan fingerprint density at radius 1 is 1.38 bits per heavy atom. The summed E-state index contributed by atoms with van der Waals surface area (Å²) in [5.74, 6) is 0.319. The highest BCUT2D eigenvalue weighted by Crippen LogP contribution is 2.39. The first kappa shape index (κ1) is 13.2. The SMILES string of the molecule is CC1=C(C(=O)CC(C)(C)C)C(C)(C)CC=C1. The zero-order valence-electron chi connectivity index (χ0n) is 11.5. The first-order valence-corrected chi connectivity index (χ1v) is 6.05. The summed E-state index contributed by atoms with van der Waals surface area (Å²) in [5, 5.41) is 0. The van der Waals surface area contributed by atoms with Crippen LogP contribution in [0.1, 0.15) is 54.4 Å². The number of Topliss-reactive ketones (excluding diaryl/α,β-unsaturated/α-hetero) is 1. The fourth-order valence-corrected chi connectivity index (χ4v) is 2.42. The molecule has 0 unspecified atom stereocenters. The molecule has 0 fully saturated rings. The van der Waals surface area contributed by atoms with Crippen molar-refractivity contribution in [3.8, 4) is 0 Å². The lowest BCUT2D eigenvalue weighted by Gasteiger charge is -2.32. The van der Waals surface area contributed by atoms with Crippen molar-refractivity contribution >= 4 is 5.78 Å². The second-order valence-corrected chi connectivity index (χ2v) is 6.71. The maximum Gasteiger partial charge on any atom is 0.160 e. The van der Waals surface area contributed by atoms with Crippen LogP contribution in [0, 0.1) is 10.8 Å². The van der Waals surface area contributed by atoms with E-state index >= 15 is 0 Å². The van der Waals surface area contributed by atoms with Gasteiger partial charge in [-0.25, -0.2) is 0 Å². The summed E-state index contributed by atoms with van der Waals surface area (Å²) < 4.78 is 0. The van der Waals surface area contributed by atoms with Crippen molar-refractivity contribution in [2.24, 2.45) is 10.8 Å². The number of ketones is 1. The van der Waals surface area contributed by atoms with Gasteiger partial charge in [0.1, 0.15) is 0 Å². The third kappa shape index (κ3) is 3.07. The Morgan fingerprint density at radius 3 is 2.38 bits per heavy atom. The topological polar surface area (TPSA) is 17.1 Å². The summed E-state index contributed by atoms with van der Waals surface area (Å²) in [6.07, 6.45) is 5.86. The number of carbonyl (C=O) groups is 1. The Balaban J connectivity index is 3.01. The van der Waals surface area contributed by atoms with E-state index in [1.807, 2.05) is 6.92 Å². The molecular formula is C15H24O. The fourth-order valence-electron chi connectivity index (χ4n) is 2.42. The van der Waals surface area contributed by atoms with E-state index in [9.17, 15) is 4.79 Å². The number of carbonyl (C=O) groups excluding carboxylic acids is 1. The number of allylic oxidation sites excluding steroid dienone is 4. The standard InChI is InChI=1S/C15H24O/c1-11-8-7-9-15(5,6)13(11)12(16)10-14(2,3)4/h7-8H,9-10H2,1-6H3. The predicted octanol–water partition coefficient (Wildman–Crippen LogP) is 4.29. The maximum atomic E-state index is 12.3. The minimum atomic E-state index is 0.00116. The second-order valence-electron chi connectivity index (χ2n) is 6.71. The van der Waals surface area contributed by atoms with Gasteiger partial charge in [0, 0.05) is 12.0 Å². The molecule has 1 aliphatic carbocycles. The smallest absolute Gasteiger partial charge is 0.160 e. The van der Waals surface area contributed by atoms with Gasteiger partial charge in [0.2, 0.25) is 0 Å². The molecule has 0 saturated heterocycles. The summed E-state index contributed by atoms with van der Waals surface area (Å²) in [6.45, 7) is 12.7. The van der Waals surface area contributed by atoms with Crippen molar-refractivity contribution in [2.45, 2.75) is 54.4 Å². The van der Waals surface area contributed by atoms with Crippen LogP contribution in [-0.2, 0) is 4.79 Å². The van der Waals surface area contributed by atoms with Gasteiger partial charge in [0.15, 0.2) is 5.78 Å². The van der Waals surface area contributed by atoms with E-state index in [1.165, 1.54) is 0 Å². The van der Waals surface area contributed by atoms with E-state index in [0.717, 1.165) is 17.6 Å². The average molecular weight is 220 g/mol. The van der Waals surface area contributed by atoms with Crippen LogP contribution in [-0.4, -0.2) is 5.78 Å². The summed E-state index contributed by atoms with van der Waals surface area (Å²) in [5.41, 5.74) is 2.25. The number of hydrogen-bond donors (Lipinski definition) is 0. The van der Waals surface area contributed by atoms with Crippen molar-refractivity contribution in [1.82, 2.24) is 0 Å². The van der Waals surface area contributed by atoms with Gasteiger partial charge >= 0.3 is 0 Å². The molecule has 0 amide bonds. The minimum absolute atomic E-state index is 0.00116. The Labute approximate surface area is 99.6 Å². The van der Waals surface area contributed by atoms with Gasteiger partial charge in [-0.2, -0.15) is 0 Å². The van der Waals surface area contributed by atoms with Crippen LogP contribution in [0.2, 0.25) is 0 Å². The van der Waals surface area contributed by atoms with Gasteiger partial charge in [-0.1, -0.05) is 46.8 Å². The van der Waals surface area contributed by atoms with Crippen LogP contribution in [0.5, 0.6) is 0 Å². The lowest BCUT2D eigenvalue weighted by Crippen LogP contribution is -2.27. The molecule has 0 spiro atoms. The molecule has 1 rings (SSSR count). The monoisotopic (exact) mass is 220 g/mol. The molecule has 90 valence electrons. The van der Waals surface area contributed by atoms with Gasteiger partial charge in [0.25, 0.3) is 0 Å². The predicted molar refractivity (Wildman–Crippen MR) is 69.3 cm³/mol. The maximum absolute atomic E-state index is 12.3. The summed E-state index contributed by atoms with van der Waals surface area (Å²) in [7, 11) is 0. The summed E-state index contributed by atoms with van der Waals surface area (Å²) in [6, 6.07) is 0. The van der Waals surface area contributed by atoms with E-state index in [1.54, 1.807) is 0 Å². The number of hydrogen-bond acceptors (Lipinski definition) is 1. The molecule has 0 aromatic carbocycles. The van der Waals surface area contributed by atoms with E-state index in [-0.39, 0.29) is 10.8 Å². The van der Waals surface area contributed by atoms with E-state index < -0.39 is 0 Å². The Kier molecular flexibility index (Phi) is 3.47. The average Bonchev–Trinajstić information content (AvgIpc) is 1.97. The lowest BCUT2D eigenvalue weighted by atomic mass is 9.71. The van der Waals surface area contributed by atoms with Crippen LogP contribution in [0.3, 0.4) is 0 Å². The molecule has 0 radical (unpaired) electrons. The normalized spacial score (nSPS) is 20.1. The van der Waals surface area contributed by atoms with Crippen LogP contribution in [0.4, 0.5) is 0 Å². The van der Waals surface area contributed by atoms with Crippen molar-refractivity contribution < 1.29 is 4.79 Å². The zero-order chi connectivity index (χ0) is 12.6. The van der Waals surface area contributed by atoms with Crippen molar-refractivity contribution in [3.63, 3.8) is 0 Å². The highest BCUT2D eigenvalue weighted by Gasteiger charge is 2.32. The van der Waals surface area contributed by atoms with E-state index in [2.05, 4.69) is 46.8 Å². The van der Waals surface area contributed by atoms with Crippen molar-refractivity contribution in [3.05, 3.63) is 23.3 Å². The molecule has 0 saturated carbocycles. The molecule has 16 heavy (non-hydrogen) atoms. The van der Waals surface area contributed by atoms with Crippen LogP contribution >= 0.6 is 0 Å². The van der Waals surface area contributed by atoms with Gasteiger partial charge in [-0.05, 0) is 29.7 Å². The first-order valence-electron chi connectivity index (χ1n) is 6.05. The largest absolute Gasteiger partial charge is 0.295 e. The van der Waals surface area contributed by atoms with Crippen LogP contribution < -0.4 is 0 Å². The summed E-state index contributed by atoms with van der Waals surface area (Å²) >= 11 is 0. The van der Waals surface area contributed by atoms with Gasteiger partial charge in [-0.3, -0.25) is 4.79 Å². The van der Waals surface area contributed by atoms with Crippen LogP contribution in [0.25, 0.3) is 0 Å². The molecule has 1 aliphatic rings. The van der Waals surface area contributed by atoms with Gasteiger partial charge in [-0.15, -0.1) is 0 Å². The van der Waals surface area contributed by atoms with E-state index in [0.29, 0.717) is 12.2 Å². The summed E-state index contributed by atoms with van der Waals surface area (Å²) in [4.78, 5) is 12.3. The zero-order valence-corrected chi connectivity index (χ0v) is 11.5. The van der Waals surface area contributed by atoms with Crippen molar-refractivity contribution in [2.75, 3.05) is 0 Å². The van der Waals surface area contributed by atoms with Crippen LogP contribution in [0.15, 0.2) is 23.3 Å². The van der Waals surface area contributed by atoms with Gasteiger partial charge < -0.3 is 0 Å². The Morgan fingerprint density at radius 2 is 1.94 bits per heavy atom. The second kappa shape index (κ2) is 4.20. The molecule has 0 aromatic heterocycles. The Hall–Kier alpha value is -0.850. The molecule has 0 aromatic rings. The molecule has 1 nitrogen and oxygen atoms in total. The molecule has 0 aliphatic heterocycles. The third-order valence-electron chi connectivity index (χ3n) is 3.04. The third-order valence-corrected chi connectivity index (χ3v) is 3.04. The quantitative estimate of drug-likeness (QED) is 0.678. The molecule has 0 N–H and O–H groups in total. The molecule has 1 heteroatoms. The highest BCUT2D eigenvalue weighted by molar-refractivity contribution is 5.98. The molecule has 0 heterocycles. The highest BCUT2D eigenvalue weighted by atomic mass is 16.1. The minimum Gasteiger partial charge on any atom is -0.295 e. The van der Waals surface area contributed by atoms with Crippen molar-refractivity contribution in [1.29, 1.82) is 0 Å². The Bertz CT molecular complexity index is 348. The lowest BCUT2D eigenvalue weighted by molar-refractivity contribution is -0.118. The van der Waals surface area contributed by atoms with Gasteiger partial charge in [0.05, 0.1) is 0 Å². The fraction of sp³-hybridized carbons (Fsp3) is 0.667. The number of rotatable bonds is 2.